The molecule has 1 unspecified atom stereocenters. The van der Waals surface area contributed by atoms with E-state index in [9.17, 15) is 5.11 Å². The third kappa shape index (κ3) is 21.6. The maximum atomic E-state index is 9.55. The minimum Gasteiger partial charge on any atom is -0.390 e. The highest BCUT2D eigenvalue weighted by Gasteiger charge is 2.00. The smallest absolute Gasteiger partial charge is 0.0788 e. The number of hydrogen-bond donors (Lipinski definition) is 3. The first-order valence-electron chi connectivity index (χ1n) is 11.0. The largest absolute Gasteiger partial charge is 0.390 e. The predicted octanol–water partition coefficient (Wildman–Crippen LogP) is 5.19. The first-order valence-corrected chi connectivity index (χ1v) is 11.0. The molecule has 25 heavy (non-hydrogen) atoms. The summed E-state index contributed by atoms with van der Waals surface area (Å²) in [6.45, 7) is 4.67. The Kier molecular flexibility index (Phi) is 21.3. The van der Waals surface area contributed by atoms with E-state index in [1.54, 1.807) is 0 Å². The molecule has 0 radical (unpaired) electrons. The quantitative estimate of drug-likeness (QED) is 0.208. The Balaban J connectivity index is 3.10. The van der Waals surface area contributed by atoms with Crippen LogP contribution < -0.4 is 10.6 Å². The Bertz CT molecular complexity index is 269. The Hall–Kier alpha value is -0.380. The second kappa shape index (κ2) is 21.7. The lowest BCUT2D eigenvalue weighted by atomic mass is 10.1. The third-order valence-corrected chi connectivity index (χ3v) is 4.69. The van der Waals surface area contributed by atoms with Crippen LogP contribution in [-0.4, -0.2) is 37.9 Å². The number of unbranched alkanes of at least 4 members (excludes halogenated alkanes) is 12. The monoisotopic (exact) mass is 354 g/mol. The maximum Gasteiger partial charge on any atom is 0.0788 e. The van der Waals surface area contributed by atoms with E-state index in [1.807, 2.05) is 7.05 Å². The van der Waals surface area contributed by atoms with Gasteiger partial charge in [0.05, 0.1) is 6.10 Å². The van der Waals surface area contributed by atoms with E-state index < -0.39 is 0 Å². The third-order valence-electron chi connectivity index (χ3n) is 4.69. The summed E-state index contributed by atoms with van der Waals surface area (Å²) >= 11 is 0. The lowest BCUT2D eigenvalue weighted by molar-refractivity contribution is 0.171. The number of aliphatic hydroxyl groups excluding tert-OH is 1. The summed E-state index contributed by atoms with van der Waals surface area (Å²) in [6, 6.07) is 0. The zero-order chi connectivity index (χ0) is 18.4. The van der Waals surface area contributed by atoms with Crippen molar-refractivity contribution < 1.29 is 5.11 Å². The summed E-state index contributed by atoms with van der Waals surface area (Å²) in [5, 5.41) is 15.9. The Morgan fingerprint density at radius 3 is 1.80 bits per heavy atom. The molecule has 0 saturated carbocycles. The lowest BCUT2D eigenvalue weighted by Gasteiger charge is -2.10. The molecular formula is C22H46N2O. The van der Waals surface area contributed by atoms with Gasteiger partial charge in [0, 0.05) is 13.1 Å². The molecule has 0 aromatic heterocycles. The van der Waals surface area contributed by atoms with Crippen LogP contribution in [0, 0.1) is 0 Å². The van der Waals surface area contributed by atoms with Crippen molar-refractivity contribution in [1.82, 2.24) is 10.6 Å². The molecule has 0 saturated heterocycles. The Morgan fingerprint density at radius 1 is 0.720 bits per heavy atom. The minimum absolute atomic E-state index is 0.265. The van der Waals surface area contributed by atoms with Gasteiger partial charge in [-0.15, -0.1) is 0 Å². The normalized spacial score (nSPS) is 12.9. The van der Waals surface area contributed by atoms with E-state index in [0.717, 1.165) is 6.54 Å². The molecule has 0 rings (SSSR count). The van der Waals surface area contributed by atoms with Crippen molar-refractivity contribution in [1.29, 1.82) is 0 Å². The molecule has 0 amide bonds. The molecule has 0 spiro atoms. The van der Waals surface area contributed by atoms with Gasteiger partial charge >= 0.3 is 0 Å². The van der Waals surface area contributed by atoms with E-state index in [4.69, 9.17) is 0 Å². The highest BCUT2D eigenvalue weighted by molar-refractivity contribution is 4.81. The van der Waals surface area contributed by atoms with Crippen molar-refractivity contribution in [2.45, 2.75) is 103 Å². The topological polar surface area (TPSA) is 44.3 Å². The summed E-state index contributed by atoms with van der Waals surface area (Å²) in [6.07, 6.45) is 23.4. The average Bonchev–Trinajstić information content (AvgIpc) is 2.61. The number of hydrogen-bond acceptors (Lipinski definition) is 3. The van der Waals surface area contributed by atoms with Crippen molar-refractivity contribution >= 4 is 0 Å². The van der Waals surface area contributed by atoms with Gasteiger partial charge in [-0.05, 0) is 45.7 Å². The highest BCUT2D eigenvalue weighted by atomic mass is 16.3. The van der Waals surface area contributed by atoms with Gasteiger partial charge in [0.15, 0.2) is 0 Å². The molecule has 3 N–H and O–H groups in total. The number of nitrogens with one attached hydrogen (secondary N) is 2. The molecular weight excluding hydrogens is 308 g/mol. The van der Waals surface area contributed by atoms with Gasteiger partial charge in [0.25, 0.3) is 0 Å². The predicted molar refractivity (Wildman–Crippen MR) is 112 cm³/mol. The van der Waals surface area contributed by atoms with Crippen LogP contribution in [0.25, 0.3) is 0 Å². The zero-order valence-corrected chi connectivity index (χ0v) is 17.2. The molecule has 0 aliphatic rings. The molecule has 150 valence electrons. The van der Waals surface area contributed by atoms with Crippen molar-refractivity contribution in [3.05, 3.63) is 12.2 Å². The maximum absolute atomic E-state index is 9.55. The Labute approximate surface area is 158 Å². The fourth-order valence-electron chi connectivity index (χ4n) is 3.07. The molecule has 3 nitrogen and oxygen atoms in total. The van der Waals surface area contributed by atoms with Crippen molar-refractivity contribution in [3.63, 3.8) is 0 Å². The van der Waals surface area contributed by atoms with E-state index in [1.165, 1.54) is 89.9 Å². The van der Waals surface area contributed by atoms with Gasteiger partial charge in [-0.1, -0.05) is 76.9 Å². The second-order valence-electron chi connectivity index (χ2n) is 7.35. The molecule has 0 aromatic rings. The van der Waals surface area contributed by atoms with Gasteiger partial charge < -0.3 is 15.7 Å². The van der Waals surface area contributed by atoms with Gasteiger partial charge in [0.2, 0.25) is 0 Å². The van der Waals surface area contributed by atoms with E-state index in [-0.39, 0.29) is 6.10 Å². The van der Waals surface area contributed by atoms with Crippen molar-refractivity contribution in [2.75, 3.05) is 26.7 Å². The standard InChI is InChI=1S/C22H46N2O/c1-3-4-5-6-7-8-9-10-11-12-13-14-15-16-17-18-19-24-21-22(25)20-23-2/h10-11,22-25H,3-9,12-21H2,1-2H3/b11-10+. The number of likely N-dealkylation sites (N-methyl/N-ethyl adjacent to an activating group) is 1. The highest BCUT2D eigenvalue weighted by Crippen LogP contribution is 2.09. The Morgan fingerprint density at radius 2 is 1.24 bits per heavy atom. The average molecular weight is 355 g/mol. The summed E-state index contributed by atoms with van der Waals surface area (Å²) in [5.41, 5.74) is 0. The minimum atomic E-state index is -0.265. The molecule has 0 bridgehead atoms. The van der Waals surface area contributed by atoms with Gasteiger partial charge in [-0.2, -0.15) is 0 Å². The molecule has 0 aliphatic heterocycles. The molecule has 0 fully saturated rings. The van der Waals surface area contributed by atoms with E-state index >= 15 is 0 Å². The summed E-state index contributed by atoms with van der Waals surface area (Å²) in [4.78, 5) is 0. The van der Waals surface area contributed by atoms with Gasteiger partial charge in [-0.3, -0.25) is 0 Å². The van der Waals surface area contributed by atoms with Crippen LogP contribution in [0.1, 0.15) is 96.8 Å². The summed E-state index contributed by atoms with van der Waals surface area (Å²) in [5.74, 6) is 0. The molecule has 0 aliphatic carbocycles. The van der Waals surface area contributed by atoms with Crippen molar-refractivity contribution in [2.24, 2.45) is 0 Å². The molecule has 0 aromatic carbocycles. The van der Waals surface area contributed by atoms with Gasteiger partial charge in [-0.25, -0.2) is 0 Å². The van der Waals surface area contributed by atoms with Crippen LogP contribution in [0.5, 0.6) is 0 Å². The van der Waals surface area contributed by atoms with Crippen molar-refractivity contribution in [3.8, 4) is 0 Å². The molecule has 1 atom stereocenters. The van der Waals surface area contributed by atoms with Crippen LogP contribution in [0.15, 0.2) is 12.2 Å². The fourth-order valence-corrected chi connectivity index (χ4v) is 3.07. The second-order valence-corrected chi connectivity index (χ2v) is 7.35. The lowest BCUT2D eigenvalue weighted by Crippen LogP contribution is -2.34. The van der Waals surface area contributed by atoms with E-state index in [0.29, 0.717) is 13.1 Å². The SMILES string of the molecule is CCCCCCCC/C=C/CCCCCCCCNCC(O)CNC. The molecule has 3 heteroatoms. The first kappa shape index (κ1) is 24.6. The summed E-state index contributed by atoms with van der Waals surface area (Å²) in [7, 11) is 1.87. The first-order chi connectivity index (χ1) is 12.3. The van der Waals surface area contributed by atoms with Crippen LogP contribution in [-0.2, 0) is 0 Å². The number of aliphatic hydroxyl groups is 1. The zero-order valence-electron chi connectivity index (χ0n) is 17.2. The van der Waals surface area contributed by atoms with Gasteiger partial charge in [0.1, 0.15) is 0 Å². The van der Waals surface area contributed by atoms with Crippen LogP contribution in [0.4, 0.5) is 0 Å². The van der Waals surface area contributed by atoms with Crippen LogP contribution >= 0.6 is 0 Å². The van der Waals surface area contributed by atoms with E-state index in [2.05, 4.69) is 29.7 Å². The van der Waals surface area contributed by atoms with Crippen LogP contribution in [0.3, 0.4) is 0 Å². The fraction of sp³-hybridized carbons (Fsp3) is 0.909. The molecule has 0 heterocycles. The summed E-state index contributed by atoms with van der Waals surface area (Å²) < 4.78 is 0. The van der Waals surface area contributed by atoms with Crippen LogP contribution in [0.2, 0.25) is 0 Å². The number of allylic oxidation sites excluding steroid dienone is 2. The number of rotatable bonds is 20.